The number of carbonyl (C=O) groups is 5. The fourth-order valence-electron chi connectivity index (χ4n) is 8.86. The van der Waals surface area contributed by atoms with Gasteiger partial charge in [0.15, 0.2) is 25.1 Å². The summed E-state index contributed by atoms with van der Waals surface area (Å²) in [5, 5.41) is 98.1. The van der Waals surface area contributed by atoms with Crippen LogP contribution in [0.3, 0.4) is 0 Å². The van der Waals surface area contributed by atoms with Gasteiger partial charge in [-0.1, -0.05) is 57.6 Å². The number of amides is 4. The zero-order chi connectivity index (χ0) is 58.3. The van der Waals surface area contributed by atoms with Crippen LogP contribution in [-0.4, -0.2) is 227 Å². The first-order valence-electron chi connectivity index (χ1n) is 26.2. The number of hydrogen-bond acceptors (Lipinski definition) is 24. The maximum atomic E-state index is 13.3. The van der Waals surface area contributed by atoms with Crippen LogP contribution in [0.25, 0.3) is 0 Å². The minimum absolute atomic E-state index is 0.0342. The Morgan fingerprint density at radius 2 is 1.23 bits per heavy atom. The number of aliphatic hydroxyl groups excluding tert-OH is 8. The molecule has 3 aliphatic heterocycles. The van der Waals surface area contributed by atoms with Crippen molar-refractivity contribution in [3.63, 3.8) is 0 Å². The van der Waals surface area contributed by atoms with Gasteiger partial charge in [-0.25, -0.2) is 4.18 Å². The highest BCUT2D eigenvalue weighted by Gasteiger charge is 2.54. The number of rotatable bonds is 34. The van der Waals surface area contributed by atoms with Crippen LogP contribution in [0.2, 0.25) is 0 Å². The topological polar surface area (TPSA) is 433 Å². The minimum atomic E-state index is -5.17. The summed E-state index contributed by atoms with van der Waals surface area (Å²) in [4.78, 5) is 61.8. The average Bonchev–Trinajstić information content (AvgIpc) is 3.36. The first-order chi connectivity index (χ1) is 36.8. The van der Waals surface area contributed by atoms with Crippen molar-refractivity contribution in [2.45, 2.75) is 235 Å². The maximum absolute atomic E-state index is 13.3. The van der Waals surface area contributed by atoms with Gasteiger partial charge in [-0.2, -0.15) is 8.42 Å². The molecule has 4 amide bonds. The average molecular weight is 1150 g/mol. The molecule has 13 N–H and O–H groups in total. The molecule has 0 radical (unpaired) electrons. The molecule has 3 saturated heterocycles. The van der Waals surface area contributed by atoms with Crippen molar-refractivity contribution < 1.29 is 120 Å². The second kappa shape index (κ2) is 34.6. The van der Waals surface area contributed by atoms with Gasteiger partial charge in [0.1, 0.15) is 85.8 Å². The molecule has 30 heteroatoms. The summed E-state index contributed by atoms with van der Waals surface area (Å²) in [7, 11) is -5.17. The van der Waals surface area contributed by atoms with E-state index in [1.807, 2.05) is 0 Å². The Kier molecular flexibility index (Phi) is 30.4. The van der Waals surface area contributed by atoms with E-state index in [4.69, 9.17) is 37.9 Å². The number of ether oxygens (including phenoxy) is 8. The molecule has 3 rings (SSSR count). The van der Waals surface area contributed by atoms with Crippen LogP contribution < -0.4 is 21.3 Å². The molecule has 452 valence electrons. The fourth-order valence-corrected chi connectivity index (χ4v) is 9.17. The molecule has 17 unspecified atom stereocenters. The smallest absolute Gasteiger partial charge is 0.397 e. The number of allylic oxidation sites excluding steroid dienone is 2. The van der Waals surface area contributed by atoms with Gasteiger partial charge in [-0.3, -0.25) is 28.5 Å². The van der Waals surface area contributed by atoms with E-state index in [1.165, 1.54) is 32.6 Å². The Balaban J connectivity index is 1.84. The molecule has 0 aromatic heterocycles. The van der Waals surface area contributed by atoms with Gasteiger partial charge < -0.3 is 100 Å². The van der Waals surface area contributed by atoms with Crippen LogP contribution in [0.1, 0.15) is 119 Å². The summed E-state index contributed by atoms with van der Waals surface area (Å²) < 4.78 is 82.9. The van der Waals surface area contributed by atoms with Gasteiger partial charge in [-0.05, 0) is 39.0 Å². The normalized spacial score (nSPS) is 31.1. The second-order valence-corrected chi connectivity index (χ2v) is 20.5. The van der Waals surface area contributed by atoms with Crippen molar-refractivity contribution in [1.82, 2.24) is 21.3 Å². The van der Waals surface area contributed by atoms with Gasteiger partial charge >= 0.3 is 16.4 Å². The highest BCUT2D eigenvalue weighted by atomic mass is 32.3. The van der Waals surface area contributed by atoms with Gasteiger partial charge in [0, 0.05) is 34.1 Å². The van der Waals surface area contributed by atoms with Crippen molar-refractivity contribution in [1.29, 1.82) is 0 Å². The lowest BCUT2D eigenvalue weighted by atomic mass is 9.94. The van der Waals surface area contributed by atoms with E-state index in [-0.39, 0.29) is 6.42 Å². The zero-order valence-electron chi connectivity index (χ0n) is 44.9. The Morgan fingerprint density at radius 1 is 0.654 bits per heavy atom. The Bertz CT molecular complexity index is 1980. The van der Waals surface area contributed by atoms with E-state index < -0.39 is 183 Å². The van der Waals surface area contributed by atoms with Crippen LogP contribution in [0, 0.1) is 0 Å². The number of nitrogens with one attached hydrogen (secondary N) is 4. The first kappa shape index (κ1) is 68.6. The highest BCUT2D eigenvalue weighted by molar-refractivity contribution is 7.80. The molecule has 3 fully saturated rings. The fraction of sp³-hybridized carbons (Fsp3) is 0.854. The predicted octanol–water partition coefficient (Wildman–Crippen LogP) is -2.94. The maximum Gasteiger partial charge on any atom is 0.397 e. The number of carbonyl (C=O) groups excluding carboxylic acids is 5. The van der Waals surface area contributed by atoms with Gasteiger partial charge in [-0.15, -0.1) is 0 Å². The summed E-state index contributed by atoms with van der Waals surface area (Å²) in [6.07, 6.45) is -13.8. The monoisotopic (exact) mass is 1150 g/mol. The molecule has 3 aliphatic rings. The van der Waals surface area contributed by atoms with Crippen molar-refractivity contribution in [3.05, 3.63) is 12.2 Å². The molecule has 0 saturated carbocycles. The van der Waals surface area contributed by atoms with Crippen LogP contribution >= 0.6 is 0 Å². The van der Waals surface area contributed by atoms with Crippen LogP contribution in [-0.2, 0) is 76.4 Å². The lowest BCUT2D eigenvalue weighted by Crippen LogP contribution is -2.70. The molecule has 19 atom stereocenters. The number of aliphatic hydroxyl groups is 8. The third kappa shape index (κ3) is 23.1. The quantitative estimate of drug-likeness (QED) is 0.0101. The summed E-state index contributed by atoms with van der Waals surface area (Å²) in [5.41, 5.74) is 0. The lowest BCUT2D eigenvalue weighted by molar-refractivity contribution is -0.350. The summed E-state index contributed by atoms with van der Waals surface area (Å²) in [6.45, 7) is 3.94. The van der Waals surface area contributed by atoms with E-state index in [1.54, 1.807) is 0 Å². The number of esters is 1. The largest absolute Gasteiger partial charge is 0.463 e. The van der Waals surface area contributed by atoms with E-state index in [0.717, 1.165) is 66.2 Å². The summed E-state index contributed by atoms with van der Waals surface area (Å²) in [5.74, 6) is -3.75. The van der Waals surface area contributed by atoms with Crippen LogP contribution in [0.15, 0.2) is 12.2 Å². The summed E-state index contributed by atoms with van der Waals surface area (Å²) >= 11 is 0. The van der Waals surface area contributed by atoms with Crippen LogP contribution in [0.5, 0.6) is 0 Å². The zero-order valence-corrected chi connectivity index (χ0v) is 45.7. The minimum Gasteiger partial charge on any atom is -0.463 e. The number of hydrogen-bond donors (Lipinski definition) is 13. The van der Waals surface area contributed by atoms with Crippen molar-refractivity contribution >= 4 is 40.0 Å². The molecular weight excluding hydrogens is 1060 g/mol. The molecule has 0 aliphatic carbocycles. The first-order valence-corrected chi connectivity index (χ1v) is 27.6. The van der Waals surface area contributed by atoms with Gasteiger partial charge in [0.2, 0.25) is 29.9 Å². The molecule has 29 nitrogen and oxygen atoms in total. The van der Waals surface area contributed by atoms with Crippen molar-refractivity contribution in [2.75, 3.05) is 26.4 Å². The van der Waals surface area contributed by atoms with Crippen molar-refractivity contribution in [2.24, 2.45) is 0 Å². The van der Waals surface area contributed by atoms with E-state index in [0.29, 0.717) is 6.42 Å². The molecule has 0 aromatic rings. The molecule has 78 heavy (non-hydrogen) atoms. The predicted molar refractivity (Wildman–Crippen MR) is 267 cm³/mol. The highest BCUT2D eigenvalue weighted by Crippen LogP contribution is 2.32. The van der Waals surface area contributed by atoms with E-state index >= 15 is 0 Å². The Labute approximate surface area is 453 Å². The van der Waals surface area contributed by atoms with Crippen LogP contribution in [0.4, 0.5) is 0 Å². The summed E-state index contributed by atoms with van der Waals surface area (Å²) in [6, 6.07) is -4.91. The Morgan fingerprint density at radius 3 is 1.81 bits per heavy atom. The van der Waals surface area contributed by atoms with Gasteiger partial charge in [0.05, 0.1) is 25.9 Å². The molecular formula is C48H84N4O25S. The molecule has 3 heterocycles. The molecule has 0 aromatic carbocycles. The van der Waals surface area contributed by atoms with E-state index in [2.05, 4.69) is 44.5 Å². The standard InChI is InChI=1S/C48H84N4O25S/c1-7-8-9-10-11-12-13-14-15-16-17-18-19-20-34(59)52-36-39(61)38(60)32(23-69-29(6)58)75-46(36)71-25(2)30(21-53)73-48(44(64)51-28(5)57)77-42-31(22-54)74-47(37(41(42)63)50-27(4)56)76-43-33(24-70-78(66,67)68)72-45(65)35(40(43)62)49-26(3)55/h12-13,25,30-33,35-48,53-54,60-65H,7-11,14-24H2,1-6H3,(H,49,55)(H,50,56)(H,51,57)(H,52,59)(H,66,67,68)/b13-12-/t25-,30?,31?,32?,33?,35?,36?,37?,38?,39?,40?,41?,42?,43?,44-,45?,46?,47?,48?/m0/s1. The molecule has 0 spiro atoms. The third-order valence-electron chi connectivity index (χ3n) is 12.9. The molecule has 0 bridgehead atoms. The SMILES string of the molecule is CCCCCC/C=C\CCCCCCCC(=O)NC1C(O[C@@H](C)C(CO)OC(OC2C(CO)OC(OC3C(COS(=O)(=O)O)OC(O)C(NC(C)=O)C3O)C(NC(C)=O)C2O)[C@H](O)NC(C)=O)OC(COC(C)=O)C(O)C1O. The third-order valence-corrected chi connectivity index (χ3v) is 13.3. The number of unbranched alkanes of at least 4 members (excludes halogenated alkanes) is 9. The lowest BCUT2D eigenvalue weighted by Gasteiger charge is -2.48. The Hall–Kier alpha value is -3.64. The van der Waals surface area contributed by atoms with E-state index in [9.17, 15) is 77.8 Å². The van der Waals surface area contributed by atoms with Gasteiger partial charge in [0.25, 0.3) is 0 Å². The van der Waals surface area contributed by atoms with Crippen molar-refractivity contribution in [3.8, 4) is 0 Å². The second-order valence-electron chi connectivity index (χ2n) is 19.4.